The lowest BCUT2D eigenvalue weighted by molar-refractivity contribution is 0.462. The van der Waals surface area contributed by atoms with Crippen molar-refractivity contribution < 1.29 is 0 Å². The third-order valence-corrected chi connectivity index (χ3v) is 4.89. The van der Waals surface area contributed by atoms with E-state index in [0.29, 0.717) is 0 Å². The lowest BCUT2D eigenvalue weighted by Gasteiger charge is -2.21. The standard InChI is InChI=1S/C18H27N3S.HI/c1-3-12-22-13-10-20-18(19-2)21-11-9-17(15-21)14-16-7-5-4-6-8-16;/h3-8,17H,1,9-15H2,2H3,(H,19,20);1H. The molecule has 0 amide bonds. The highest BCUT2D eigenvalue weighted by molar-refractivity contribution is 14.0. The van der Waals surface area contributed by atoms with Crippen molar-refractivity contribution in [3.8, 4) is 0 Å². The molecule has 1 fully saturated rings. The van der Waals surface area contributed by atoms with Crippen LogP contribution >= 0.6 is 35.7 Å². The predicted molar refractivity (Wildman–Crippen MR) is 114 cm³/mol. The number of aliphatic imine (C=N–C) groups is 1. The van der Waals surface area contributed by atoms with E-state index in [9.17, 15) is 0 Å². The molecule has 1 N–H and O–H groups in total. The molecule has 1 unspecified atom stereocenters. The topological polar surface area (TPSA) is 27.6 Å². The second-order valence-corrected chi connectivity index (χ2v) is 6.78. The fourth-order valence-corrected chi connectivity index (χ4v) is 3.45. The minimum atomic E-state index is 0. The van der Waals surface area contributed by atoms with E-state index in [1.54, 1.807) is 0 Å². The maximum absolute atomic E-state index is 4.43. The van der Waals surface area contributed by atoms with Gasteiger partial charge in [-0.2, -0.15) is 11.8 Å². The average Bonchev–Trinajstić information content (AvgIpc) is 3.00. The molecule has 0 aromatic heterocycles. The van der Waals surface area contributed by atoms with Gasteiger partial charge in [-0.15, -0.1) is 30.6 Å². The number of rotatable bonds is 7. The van der Waals surface area contributed by atoms with E-state index in [-0.39, 0.29) is 24.0 Å². The number of nitrogens with one attached hydrogen (secondary N) is 1. The fraction of sp³-hybridized carbons (Fsp3) is 0.500. The molecule has 0 spiro atoms. The van der Waals surface area contributed by atoms with E-state index >= 15 is 0 Å². The molecule has 1 atom stereocenters. The molecule has 1 aromatic rings. The highest BCUT2D eigenvalue weighted by atomic mass is 127. The summed E-state index contributed by atoms with van der Waals surface area (Å²) in [7, 11) is 1.88. The summed E-state index contributed by atoms with van der Waals surface area (Å²) in [6.45, 7) is 6.92. The maximum atomic E-state index is 4.43. The first kappa shape index (κ1) is 20.4. The van der Waals surface area contributed by atoms with Crippen LogP contribution in [0.5, 0.6) is 0 Å². The quantitative estimate of drug-likeness (QED) is 0.228. The van der Waals surface area contributed by atoms with Crippen molar-refractivity contribution in [1.29, 1.82) is 0 Å². The molecule has 1 aromatic carbocycles. The summed E-state index contributed by atoms with van der Waals surface area (Å²) in [6.07, 6.45) is 4.37. The van der Waals surface area contributed by atoms with Crippen LogP contribution in [0.2, 0.25) is 0 Å². The van der Waals surface area contributed by atoms with E-state index < -0.39 is 0 Å². The summed E-state index contributed by atoms with van der Waals surface area (Å²) in [6, 6.07) is 10.8. The van der Waals surface area contributed by atoms with Crippen LogP contribution in [-0.2, 0) is 6.42 Å². The van der Waals surface area contributed by atoms with Gasteiger partial charge in [-0.05, 0) is 24.3 Å². The smallest absolute Gasteiger partial charge is 0.193 e. The van der Waals surface area contributed by atoms with Crippen molar-refractivity contribution in [3.63, 3.8) is 0 Å². The number of hydrogen-bond acceptors (Lipinski definition) is 2. The van der Waals surface area contributed by atoms with Crippen LogP contribution in [0.3, 0.4) is 0 Å². The van der Waals surface area contributed by atoms with Crippen LogP contribution < -0.4 is 5.32 Å². The summed E-state index contributed by atoms with van der Waals surface area (Å²) in [5.41, 5.74) is 1.44. The van der Waals surface area contributed by atoms with E-state index in [1.165, 1.54) is 18.4 Å². The Kier molecular flexibility index (Phi) is 10.4. The van der Waals surface area contributed by atoms with E-state index in [0.717, 1.165) is 43.0 Å². The summed E-state index contributed by atoms with van der Waals surface area (Å²) >= 11 is 1.90. The number of thioether (sulfide) groups is 1. The molecular formula is C18H28IN3S. The molecule has 1 heterocycles. The maximum Gasteiger partial charge on any atom is 0.193 e. The Morgan fingerprint density at radius 3 is 2.91 bits per heavy atom. The Morgan fingerprint density at radius 1 is 1.43 bits per heavy atom. The van der Waals surface area contributed by atoms with Gasteiger partial charge in [-0.1, -0.05) is 36.4 Å². The third kappa shape index (κ3) is 7.16. The third-order valence-electron chi connectivity index (χ3n) is 3.93. The minimum absolute atomic E-state index is 0. The first-order valence-electron chi connectivity index (χ1n) is 8.01. The van der Waals surface area contributed by atoms with Gasteiger partial charge in [0.15, 0.2) is 5.96 Å². The Hall–Kier alpha value is -0.690. The number of likely N-dealkylation sites (tertiary alicyclic amines) is 1. The molecule has 1 aliphatic heterocycles. The summed E-state index contributed by atoms with van der Waals surface area (Å²) in [4.78, 5) is 6.83. The van der Waals surface area contributed by atoms with Crippen LogP contribution in [0, 0.1) is 5.92 Å². The Balaban J connectivity index is 0.00000264. The molecule has 1 saturated heterocycles. The largest absolute Gasteiger partial charge is 0.355 e. The first-order valence-corrected chi connectivity index (χ1v) is 9.17. The summed E-state index contributed by atoms with van der Waals surface area (Å²) in [5, 5.41) is 3.48. The Morgan fingerprint density at radius 2 is 2.22 bits per heavy atom. The van der Waals surface area contributed by atoms with Crippen LogP contribution in [-0.4, -0.2) is 49.0 Å². The van der Waals surface area contributed by atoms with Gasteiger partial charge in [-0.25, -0.2) is 0 Å². The fourth-order valence-electron chi connectivity index (χ4n) is 2.87. The molecule has 0 aliphatic carbocycles. The van der Waals surface area contributed by atoms with Gasteiger partial charge < -0.3 is 10.2 Å². The van der Waals surface area contributed by atoms with Crippen LogP contribution in [0.1, 0.15) is 12.0 Å². The lowest BCUT2D eigenvalue weighted by atomic mass is 9.99. The molecule has 0 bridgehead atoms. The average molecular weight is 445 g/mol. The molecule has 1 aliphatic rings. The zero-order valence-corrected chi connectivity index (χ0v) is 17.1. The molecule has 0 saturated carbocycles. The van der Waals surface area contributed by atoms with E-state index in [2.05, 4.69) is 52.1 Å². The zero-order chi connectivity index (χ0) is 15.6. The zero-order valence-electron chi connectivity index (χ0n) is 13.9. The van der Waals surface area contributed by atoms with Gasteiger partial charge in [0, 0.05) is 38.2 Å². The van der Waals surface area contributed by atoms with Gasteiger partial charge in [0.1, 0.15) is 0 Å². The van der Waals surface area contributed by atoms with Gasteiger partial charge in [0.25, 0.3) is 0 Å². The molecular weight excluding hydrogens is 417 g/mol. The van der Waals surface area contributed by atoms with Crippen LogP contribution in [0.25, 0.3) is 0 Å². The molecule has 5 heteroatoms. The van der Waals surface area contributed by atoms with Crippen LogP contribution in [0.15, 0.2) is 48.0 Å². The molecule has 128 valence electrons. The highest BCUT2D eigenvalue weighted by Gasteiger charge is 2.24. The molecule has 3 nitrogen and oxygen atoms in total. The summed E-state index contributed by atoms with van der Waals surface area (Å²) < 4.78 is 0. The SMILES string of the molecule is C=CCSCCNC(=NC)N1CCC(Cc2ccccc2)C1.I. The van der Waals surface area contributed by atoms with Crippen molar-refractivity contribution in [2.75, 3.05) is 38.2 Å². The number of halogens is 1. The lowest BCUT2D eigenvalue weighted by Crippen LogP contribution is -2.41. The Bertz CT molecular complexity index is 478. The van der Waals surface area contributed by atoms with Crippen molar-refractivity contribution >= 4 is 41.7 Å². The van der Waals surface area contributed by atoms with Gasteiger partial charge in [0.05, 0.1) is 0 Å². The van der Waals surface area contributed by atoms with E-state index in [4.69, 9.17) is 0 Å². The van der Waals surface area contributed by atoms with Crippen molar-refractivity contribution in [2.24, 2.45) is 10.9 Å². The van der Waals surface area contributed by atoms with Gasteiger partial charge in [0.2, 0.25) is 0 Å². The normalized spacial score (nSPS) is 17.7. The van der Waals surface area contributed by atoms with Crippen molar-refractivity contribution in [1.82, 2.24) is 10.2 Å². The second-order valence-electron chi connectivity index (χ2n) is 5.63. The molecule has 2 rings (SSSR count). The van der Waals surface area contributed by atoms with E-state index in [1.807, 2.05) is 24.9 Å². The summed E-state index contributed by atoms with van der Waals surface area (Å²) in [5.74, 6) is 3.89. The molecule has 23 heavy (non-hydrogen) atoms. The highest BCUT2D eigenvalue weighted by Crippen LogP contribution is 2.20. The van der Waals surface area contributed by atoms with Gasteiger partial charge >= 0.3 is 0 Å². The first-order chi connectivity index (χ1) is 10.8. The van der Waals surface area contributed by atoms with Gasteiger partial charge in [-0.3, -0.25) is 4.99 Å². The predicted octanol–water partition coefficient (Wildman–Crippen LogP) is 3.66. The Labute approximate surface area is 162 Å². The number of guanidine groups is 1. The minimum Gasteiger partial charge on any atom is -0.355 e. The number of nitrogens with zero attached hydrogens (tertiary/aromatic N) is 2. The number of hydrogen-bond donors (Lipinski definition) is 1. The van der Waals surface area contributed by atoms with Crippen molar-refractivity contribution in [3.05, 3.63) is 48.6 Å². The molecule has 0 radical (unpaired) electrons. The van der Waals surface area contributed by atoms with Crippen molar-refractivity contribution in [2.45, 2.75) is 12.8 Å². The second kappa shape index (κ2) is 11.8. The number of benzene rings is 1. The van der Waals surface area contributed by atoms with Crippen LogP contribution in [0.4, 0.5) is 0 Å². The monoisotopic (exact) mass is 445 g/mol.